The van der Waals surface area contributed by atoms with Gasteiger partial charge in [0.2, 0.25) is 5.91 Å². The van der Waals surface area contributed by atoms with E-state index >= 15 is 0 Å². The van der Waals surface area contributed by atoms with Crippen LogP contribution in [0.25, 0.3) is 0 Å². The second-order valence-corrected chi connectivity index (χ2v) is 8.50. The number of aromatic hydroxyl groups is 1. The van der Waals surface area contributed by atoms with E-state index in [4.69, 9.17) is 10.5 Å². The highest BCUT2D eigenvalue weighted by Gasteiger charge is 2.50. The predicted molar refractivity (Wildman–Crippen MR) is 119 cm³/mol. The number of aliphatic hydroxyl groups is 3. The third-order valence-electron chi connectivity index (χ3n) is 6.01. The van der Waals surface area contributed by atoms with Crippen molar-refractivity contribution in [2.75, 3.05) is 0 Å². The molecule has 0 spiro atoms. The molecule has 1 aliphatic rings. The zero-order valence-corrected chi connectivity index (χ0v) is 19.2. The van der Waals surface area contributed by atoms with Crippen LogP contribution in [-0.2, 0) is 14.3 Å². The molecule has 1 unspecified atom stereocenters. The van der Waals surface area contributed by atoms with Crippen LogP contribution in [-0.4, -0.2) is 88.1 Å². The number of carboxylic acid groups (broad SMARTS) is 1. The van der Waals surface area contributed by atoms with Crippen LogP contribution < -0.4 is 16.7 Å². The Labute approximate surface area is 203 Å². The SMILES string of the molecule is CC(=O)c1cn([C@@H]2OC([C@H](NC(=O)[C@@H](N)[C@H](C)[C@H](O)c3ccc(O)cn3)C(=O)O)[C@H](O)[C@@H]2O)c(=O)[nH]1. The molecular formula is C21H27N5O10. The van der Waals surface area contributed by atoms with Gasteiger partial charge in [-0.25, -0.2) is 9.59 Å². The van der Waals surface area contributed by atoms with Crippen molar-refractivity contribution in [2.45, 2.75) is 56.6 Å². The molecule has 1 fully saturated rings. The van der Waals surface area contributed by atoms with Crippen LogP contribution in [0.5, 0.6) is 5.75 Å². The van der Waals surface area contributed by atoms with Crippen LogP contribution in [0, 0.1) is 5.92 Å². The van der Waals surface area contributed by atoms with Crippen LogP contribution >= 0.6 is 0 Å². The van der Waals surface area contributed by atoms with Crippen molar-refractivity contribution in [3.05, 3.63) is 46.4 Å². The number of hydrogen-bond acceptors (Lipinski definition) is 11. The number of aromatic nitrogens is 3. The fraction of sp³-hybridized carbons (Fsp3) is 0.476. The number of aliphatic carboxylic acids is 1. The Bertz CT molecular complexity index is 1180. The number of ether oxygens (including phenoxy) is 1. The molecular weight excluding hydrogens is 482 g/mol. The number of H-pyrrole nitrogens is 1. The van der Waals surface area contributed by atoms with Crippen molar-refractivity contribution in [3.8, 4) is 5.75 Å². The Morgan fingerprint density at radius 2 is 1.92 bits per heavy atom. The number of imidazole rings is 1. The zero-order valence-electron chi connectivity index (χ0n) is 19.2. The van der Waals surface area contributed by atoms with Crippen molar-refractivity contribution in [3.63, 3.8) is 0 Å². The quantitative estimate of drug-likeness (QED) is 0.162. The van der Waals surface area contributed by atoms with Gasteiger partial charge in [0.25, 0.3) is 0 Å². The van der Waals surface area contributed by atoms with Crippen LogP contribution in [0.3, 0.4) is 0 Å². The van der Waals surface area contributed by atoms with Crippen LogP contribution in [0.15, 0.2) is 29.3 Å². The molecule has 0 aromatic carbocycles. The summed E-state index contributed by atoms with van der Waals surface area (Å²) in [7, 11) is 0. The number of hydrogen-bond donors (Lipinski definition) is 8. The van der Waals surface area contributed by atoms with Crippen molar-refractivity contribution < 1.29 is 44.7 Å². The number of nitrogens with zero attached hydrogens (tertiary/aromatic N) is 2. The number of nitrogens with two attached hydrogens (primary N) is 1. The minimum absolute atomic E-state index is 0.0986. The molecule has 0 saturated carbocycles. The first-order valence-corrected chi connectivity index (χ1v) is 10.8. The number of carboxylic acids is 1. The van der Waals surface area contributed by atoms with Crippen molar-refractivity contribution in [1.82, 2.24) is 19.9 Å². The summed E-state index contributed by atoms with van der Waals surface area (Å²) in [5, 5.41) is 52.5. The molecule has 1 saturated heterocycles. The first kappa shape index (κ1) is 27.0. The third-order valence-corrected chi connectivity index (χ3v) is 6.01. The van der Waals surface area contributed by atoms with Crippen molar-refractivity contribution in [2.24, 2.45) is 11.7 Å². The third kappa shape index (κ3) is 5.29. The smallest absolute Gasteiger partial charge is 0.329 e. The molecule has 3 rings (SSSR count). The molecule has 196 valence electrons. The number of pyridine rings is 1. The Hall–Kier alpha value is -3.63. The van der Waals surface area contributed by atoms with E-state index in [1.54, 1.807) is 0 Å². The van der Waals surface area contributed by atoms with Gasteiger partial charge >= 0.3 is 11.7 Å². The summed E-state index contributed by atoms with van der Waals surface area (Å²) in [4.78, 5) is 54.5. The summed E-state index contributed by atoms with van der Waals surface area (Å²) in [5.74, 6) is -4.24. The number of carbonyl (C=O) groups excluding carboxylic acids is 2. The second-order valence-electron chi connectivity index (χ2n) is 8.50. The number of nitrogens with one attached hydrogen (secondary N) is 2. The second kappa shape index (κ2) is 10.5. The molecule has 0 radical (unpaired) electrons. The number of amides is 1. The lowest BCUT2D eigenvalue weighted by molar-refractivity contribution is -0.149. The van der Waals surface area contributed by atoms with Gasteiger partial charge in [0.1, 0.15) is 35.9 Å². The highest BCUT2D eigenvalue weighted by atomic mass is 16.6. The van der Waals surface area contributed by atoms with Gasteiger partial charge in [-0.15, -0.1) is 0 Å². The fourth-order valence-corrected chi connectivity index (χ4v) is 3.78. The van der Waals surface area contributed by atoms with Gasteiger partial charge in [-0.3, -0.25) is 19.1 Å². The van der Waals surface area contributed by atoms with E-state index in [9.17, 15) is 44.7 Å². The maximum absolute atomic E-state index is 12.7. The summed E-state index contributed by atoms with van der Waals surface area (Å²) < 4.78 is 6.24. The number of ketones is 1. The van der Waals surface area contributed by atoms with Crippen LogP contribution in [0.2, 0.25) is 0 Å². The van der Waals surface area contributed by atoms with E-state index < -0.39 is 72.0 Å². The average Bonchev–Trinajstić information content (AvgIpc) is 3.35. The van der Waals surface area contributed by atoms with Gasteiger partial charge in [-0.2, -0.15) is 0 Å². The Morgan fingerprint density at radius 3 is 2.44 bits per heavy atom. The van der Waals surface area contributed by atoms with E-state index in [0.717, 1.165) is 17.0 Å². The molecule has 2 aromatic heterocycles. The van der Waals surface area contributed by atoms with Gasteiger partial charge in [-0.05, 0) is 12.1 Å². The van der Waals surface area contributed by atoms with Gasteiger partial charge in [0, 0.05) is 19.0 Å². The molecule has 1 aliphatic heterocycles. The first-order chi connectivity index (χ1) is 16.8. The minimum Gasteiger partial charge on any atom is -0.506 e. The van der Waals surface area contributed by atoms with Gasteiger partial charge in [-0.1, -0.05) is 6.92 Å². The van der Waals surface area contributed by atoms with E-state index in [-0.39, 0.29) is 17.1 Å². The lowest BCUT2D eigenvalue weighted by Crippen LogP contribution is -2.57. The van der Waals surface area contributed by atoms with E-state index in [1.165, 1.54) is 26.0 Å². The molecule has 3 heterocycles. The lowest BCUT2D eigenvalue weighted by atomic mass is 9.92. The standard InChI is InChI=1S/C21H27N5O10/c1-7(14(29)10-4-3-9(28)5-23-10)12(22)18(32)25-13(20(33)34)17-15(30)16(31)19(36-17)26-6-11(8(2)27)24-21(26)35/h3-7,12-17,19,28-31H,22H2,1-2H3,(H,24,35)(H,25,32)(H,33,34)/t7-,12-,13-,14-,15+,16-,17?,19+/m0/s1. The van der Waals surface area contributed by atoms with E-state index in [1.807, 2.05) is 0 Å². The Balaban J connectivity index is 1.76. The molecule has 9 N–H and O–H groups in total. The minimum atomic E-state index is -1.91. The van der Waals surface area contributed by atoms with Gasteiger partial charge in [0.05, 0.1) is 17.9 Å². The van der Waals surface area contributed by atoms with Crippen LogP contribution in [0.4, 0.5) is 0 Å². The molecule has 0 aliphatic carbocycles. The summed E-state index contributed by atoms with van der Waals surface area (Å²) in [5.41, 5.74) is 5.10. The largest absolute Gasteiger partial charge is 0.506 e. The highest BCUT2D eigenvalue weighted by Crippen LogP contribution is 2.31. The topological polar surface area (TPSA) is 250 Å². The zero-order chi connectivity index (χ0) is 26.9. The van der Waals surface area contributed by atoms with Gasteiger partial charge < -0.3 is 46.3 Å². The summed E-state index contributed by atoms with van der Waals surface area (Å²) >= 11 is 0. The molecule has 0 bridgehead atoms. The maximum atomic E-state index is 12.7. The Morgan fingerprint density at radius 1 is 1.25 bits per heavy atom. The predicted octanol–water partition coefficient (Wildman–Crippen LogP) is -2.63. The molecule has 15 heteroatoms. The summed E-state index contributed by atoms with van der Waals surface area (Å²) in [6.07, 6.45) is -6.09. The maximum Gasteiger partial charge on any atom is 0.329 e. The highest BCUT2D eigenvalue weighted by molar-refractivity contribution is 5.91. The Kier molecular flexibility index (Phi) is 7.90. The van der Waals surface area contributed by atoms with Crippen molar-refractivity contribution in [1.29, 1.82) is 0 Å². The van der Waals surface area contributed by atoms with Crippen LogP contribution in [0.1, 0.15) is 42.4 Å². The number of carbonyl (C=O) groups is 3. The average molecular weight is 509 g/mol. The fourth-order valence-electron chi connectivity index (χ4n) is 3.78. The number of rotatable bonds is 9. The molecule has 15 nitrogen and oxygen atoms in total. The monoisotopic (exact) mass is 509 g/mol. The van der Waals surface area contributed by atoms with Gasteiger partial charge in [0.15, 0.2) is 18.1 Å². The van der Waals surface area contributed by atoms with E-state index in [0.29, 0.717) is 0 Å². The molecule has 2 aromatic rings. The van der Waals surface area contributed by atoms with E-state index in [2.05, 4.69) is 15.3 Å². The first-order valence-electron chi connectivity index (χ1n) is 10.8. The summed E-state index contributed by atoms with van der Waals surface area (Å²) in [6.45, 7) is 2.61. The molecule has 36 heavy (non-hydrogen) atoms. The lowest BCUT2D eigenvalue weighted by Gasteiger charge is -2.28. The summed E-state index contributed by atoms with van der Waals surface area (Å²) in [6, 6.07) is -0.746. The number of aliphatic hydroxyl groups excluding tert-OH is 3. The molecule has 8 atom stereocenters. The number of aromatic amines is 1. The number of Topliss-reactive ketones (excluding diaryl/α,β-unsaturated/α-hetero) is 1. The normalized spacial score (nSPS) is 25.1. The molecule has 1 amide bonds. The van der Waals surface area contributed by atoms with Crippen molar-refractivity contribution >= 4 is 17.7 Å².